The largest absolute Gasteiger partial charge is 0.480 e. The van der Waals surface area contributed by atoms with Crippen molar-refractivity contribution in [3.05, 3.63) is 65.7 Å². The van der Waals surface area contributed by atoms with E-state index in [9.17, 15) is 4.79 Å². The topological polar surface area (TPSA) is 64.9 Å². The van der Waals surface area contributed by atoms with Crippen LogP contribution in [0.5, 0.6) is 0 Å². The standard InChI is InChI=1S/C20H21N3O2/c1-23-13-12-21-18(17-4-2-3-5-19(17)23)11-8-15-6-9-16(10-7-15)22-14-20(24)25/h2-11,22H,12-14H2,1H3,(H,24,25)/b11-8+. The lowest BCUT2D eigenvalue weighted by Crippen LogP contribution is -2.20. The van der Waals surface area contributed by atoms with E-state index in [2.05, 4.69) is 29.4 Å². The van der Waals surface area contributed by atoms with Gasteiger partial charge in [0.2, 0.25) is 0 Å². The molecule has 25 heavy (non-hydrogen) atoms. The monoisotopic (exact) mass is 335 g/mol. The Morgan fingerprint density at radius 2 is 1.96 bits per heavy atom. The lowest BCUT2D eigenvalue weighted by atomic mass is 10.1. The molecule has 0 spiro atoms. The molecule has 0 aliphatic carbocycles. The molecule has 0 saturated carbocycles. The molecule has 0 unspecified atom stereocenters. The fourth-order valence-corrected chi connectivity index (χ4v) is 2.76. The third-order valence-electron chi connectivity index (χ3n) is 4.10. The van der Waals surface area contributed by atoms with Gasteiger partial charge < -0.3 is 15.3 Å². The number of likely N-dealkylation sites (N-methyl/N-ethyl adjacent to an activating group) is 1. The third kappa shape index (κ3) is 4.26. The minimum Gasteiger partial charge on any atom is -0.480 e. The van der Waals surface area contributed by atoms with Crippen LogP contribution in [0.25, 0.3) is 6.08 Å². The highest BCUT2D eigenvalue weighted by Crippen LogP contribution is 2.23. The number of carboxylic acid groups (broad SMARTS) is 1. The molecule has 1 heterocycles. The zero-order valence-electron chi connectivity index (χ0n) is 14.1. The van der Waals surface area contributed by atoms with Gasteiger partial charge >= 0.3 is 5.97 Å². The zero-order valence-corrected chi connectivity index (χ0v) is 14.1. The van der Waals surface area contributed by atoms with Crippen molar-refractivity contribution in [3.63, 3.8) is 0 Å². The number of para-hydroxylation sites is 1. The maximum Gasteiger partial charge on any atom is 0.322 e. The first-order valence-corrected chi connectivity index (χ1v) is 8.22. The molecule has 5 nitrogen and oxygen atoms in total. The molecule has 5 heteroatoms. The summed E-state index contributed by atoms with van der Waals surface area (Å²) in [6, 6.07) is 16.0. The number of nitrogens with zero attached hydrogens (tertiary/aromatic N) is 2. The summed E-state index contributed by atoms with van der Waals surface area (Å²) in [5, 5.41) is 11.5. The number of fused-ring (bicyclic) bond motifs is 1. The van der Waals surface area contributed by atoms with E-state index in [0.717, 1.165) is 35.6 Å². The van der Waals surface area contributed by atoms with E-state index in [0.29, 0.717) is 0 Å². The van der Waals surface area contributed by atoms with E-state index in [-0.39, 0.29) is 6.54 Å². The molecular formula is C20H21N3O2. The molecule has 2 aromatic carbocycles. The Bertz CT molecular complexity index is 810. The van der Waals surface area contributed by atoms with E-state index in [1.165, 1.54) is 5.69 Å². The predicted octanol–water partition coefficient (Wildman–Crippen LogP) is 3.14. The fourth-order valence-electron chi connectivity index (χ4n) is 2.76. The summed E-state index contributed by atoms with van der Waals surface area (Å²) in [5.74, 6) is -0.876. The van der Waals surface area contributed by atoms with Crippen molar-refractivity contribution in [2.24, 2.45) is 4.99 Å². The number of nitrogens with one attached hydrogen (secondary N) is 1. The molecule has 0 radical (unpaired) electrons. The first kappa shape index (κ1) is 16.8. The molecule has 2 N–H and O–H groups in total. The fraction of sp³-hybridized carbons (Fsp3) is 0.200. The number of hydrogen-bond acceptors (Lipinski definition) is 4. The minimum atomic E-state index is -0.876. The summed E-state index contributed by atoms with van der Waals surface area (Å²) in [5.41, 5.74) is 5.14. The lowest BCUT2D eigenvalue weighted by Gasteiger charge is -2.18. The zero-order chi connectivity index (χ0) is 17.6. The van der Waals surface area contributed by atoms with Crippen LogP contribution in [0.15, 0.2) is 59.6 Å². The first-order chi connectivity index (χ1) is 12.1. The van der Waals surface area contributed by atoms with Crippen LogP contribution in [-0.2, 0) is 4.79 Å². The third-order valence-corrected chi connectivity index (χ3v) is 4.10. The van der Waals surface area contributed by atoms with Gasteiger partial charge in [0, 0.05) is 30.5 Å². The van der Waals surface area contributed by atoms with E-state index < -0.39 is 5.97 Å². The molecule has 128 valence electrons. The molecule has 0 amide bonds. The van der Waals surface area contributed by atoms with Gasteiger partial charge in [-0.25, -0.2) is 0 Å². The Kier molecular flexibility index (Phi) is 5.14. The number of carbonyl (C=O) groups is 1. The molecule has 3 rings (SSSR count). The summed E-state index contributed by atoms with van der Waals surface area (Å²) in [7, 11) is 2.09. The first-order valence-electron chi connectivity index (χ1n) is 8.22. The van der Waals surface area contributed by atoms with Gasteiger partial charge in [-0.1, -0.05) is 36.4 Å². The number of anilines is 2. The maximum atomic E-state index is 10.6. The average Bonchev–Trinajstić information content (AvgIpc) is 2.78. The summed E-state index contributed by atoms with van der Waals surface area (Å²) >= 11 is 0. The highest BCUT2D eigenvalue weighted by molar-refractivity contribution is 6.14. The number of aliphatic imine (C=N–C) groups is 1. The number of carboxylic acids is 1. The van der Waals surface area contributed by atoms with Gasteiger partial charge in [-0.15, -0.1) is 0 Å². The van der Waals surface area contributed by atoms with Crippen LogP contribution in [0.3, 0.4) is 0 Å². The predicted molar refractivity (Wildman–Crippen MR) is 103 cm³/mol. The van der Waals surface area contributed by atoms with Crippen molar-refractivity contribution in [1.29, 1.82) is 0 Å². The normalized spacial score (nSPS) is 14.0. The molecule has 0 atom stereocenters. The van der Waals surface area contributed by atoms with Crippen LogP contribution < -0.4 is 10.2 Å². The summed E-state index contributed by atoms with van der Waals surface area (Å²) in [6.07, 6.45) is 4.07. The second-order valence-corrected chi connectivity index (χ2v) is 5.91. The van der Waals surface area contributed by atoms with Crippen molar-refractivity contribution in [2.45, 2.75) is 0 Å². The van der Waals surface area contributed by atoms with Crippen molar-refractivity contribution < 1.29 is 9.90 Å². The Morgan fingerprint density at radius 1 is 1.20 bits per heavy atom. The summed E-state index contributed by atoms with van der Waals surface area (Å²) in [4.78, 5) is 17.5. The van der Waals surface area contributed by atoms with E-state index in [1.54, 1.807) is 0 Å². The van der Waals surface area contributed by atoms with E-state index in [1.807, 2.05) is 48.6 Å². The van der Waals surface area contributed by atoms with Crippen molar-refractivity contribution in [1.82, 2.24) is 0 Å². The van der Waals surface area contributed by atoms with Crippen LogP contribution in [0.4, 0.5) is 11.4 Å². The van der Waals surface area contributed by atoms with Gasteiger partial charge in [-0.3, -0.25) is 9.79 Å². The van der Waals surface area contributed by atoms with E-state index in [4.69, 9.17) is 10.1 Å². The number of benzodiazepines with no additional fused rings is 1. The Hall–Kier alpha value is -3.08. The number of allylic oxidation sites excluding steroid dienone is 1. The molecule has 0 aromatic heterocycles. The number of hydrogen-bond donors (Lipinski definition) is 2. The SMILES string of the molecule is CN1CCN=C(/C=C/c2ccc(NCC(=O)O)cc2)c2ccccc21. The van der Waals surface area contributed by atoms with Gasteiger partial charge in [-0.2, -0.15) is 0 Å². The second-order valence-electron chi connectivity index (χ2n) is 5.91. The van der Waals surface area contributed by atoms with Crippen LogP contribution in [-0.4, -0.2) is 43.5 Å². The van der Waals surface area contributed by atoms with Gasteiger partial charge in [0.1, 0.15) is 6.54 Å². The van der Waals surface area contributed by atoms with Crippen molar-refractivity contribution in [3.8, 4) is 0 Å². The molecule has 0 saturated heterocycles. The quantitative estimate of drug-likeness (QED) is 0.881. The van der Waals surface area contributed by atoms with Gasteiger partial charge in [0.25, 0.3) is 0 Å². The molecule has 2 aromatic rings. The van der Waals surface area contributed by atoms with E-state index >= 15 is 0 Å². The highest BCUT2D eigenvalue weighted by atomic mass is 16.4. The Labute approximate surface area is 147 Å². The van der Waals surface area contributed by atoms with Crippen LogP contribution in [0, 0.1) is 0 Å². The number of benzene rings is 2. The minimum absolute atomic E-state index is 0.0870. The summed E-state index contributed by atoms with van der Waals surface area (Å²) in [6.45, 7) is 1.58. The van der Waals surface area contributed by atoms with Crippen LogP contribution >= 0.6 is 0 Å². The molecule has 1 aliphatic rings. The lowest BCUT2D eigenvalue weighted by molar-refractivity contribution is -0.134. The smallest absolute Gasteiger partial charge is 0.322 e. The Morgan fingerprint density at radius 3 is 2.72 bits per heavy atom. The van der Waals surface area contributed by atoms with Crippen molar-refractivity contribution in [2.75, 3.05) is 36.9 Å². The van der Waals surface area contributed by atoms with Gasteiger partial charge in [0.15, 0.2) is 0 Å². The molecule has 1 aliphatic heterocycles. The molecular weight excluding hydrogens is 314 g/mol. The second kappa shape index (κ2) is 7.66. The number of rotatable bonds is 5. The number of aliphatic carboxylic acids is 1. The average molecular weight is 335 g/mol. The van der Waals surface area contributed by atoms with Gasteiger partial charge in [0.05, 0.1) is 12.3 Å². The van der Waals surface area contributed by atoms with Crippen LogP contribution in [0.2, 0.25) is 0 Å². The molecule has 0 bridgehead atoms. The van der Waals surface area contributed by atoms with Crippen LogP contribution in [0.1, 0.15) is 11.1 Å². The summed E-state index contributed by atoms with van der Waals surface area (Å²) < 4.78 is 0. The highest BCUT2D eigenvalue weighted by Gasteiger charge is 2.13. The Balaban J connectivity index is 1.76. The van der Waals surface area contributed by atoms with Gasteiger partial charge in [-0.05, 0) is 29.8 Å². The van der Waals surface area contributed by atoms with Crippen molar-refractivity contribution >= 4 is 29.1 Å². The maximum absolute atomic E-state index is 10.6. The molecule has 0 fully saturated rings.